The molecular formula is C8H18N2O. The Balaban J connectivity index is 3.04. The van der Waals surface area contributed by atoms with E-state index in [1.807, 2.05) is 0 Å². The van der Waals surface area contributed by atoms with Crippen LogP contribution in [0.3, 0.4) is 0 Å². The van der Waals surface area contributed by atoms with Crippen LogP contribution in [0.1, 0.15) is 32.6 Å². The van der Waals surface area contributed by atoms with Crippen LogP contribution in [0.5, 0.6) is 0 Å². The number of hydrogen-bond donors (Lipinski definition) is 2. The molecule has 1 amide bonds. The van der Waals surface area contributed by atoms with Gasteiger partial charge in [-0.1, -0.05) is 19.8 Å². The Hall–Kier alpha value is -0.570. The lowest BCUT2D eigenvalue weighted by Gasteiger charge is -2.02. The first-order valence-corrected chi connectivity index (χ1v) is 4.28. The van der Waals surface area contributed by atoms with E-state index in [0.717, 1.165) is 13.0 Å². The first-order valence-electron chi connectivity index (χ1n) is 4.28. The molecule has 0 aromatic rings. The largest absolute Gasteiger partial charge is 0.356 e. The smallest absolute Gasteiger partial charge is 0.221 e. The zero-order valence-electron chi connectivity index (χ0n) is 7.23. The van der Waals surface area contributed by atoms with Crippen LogP contribution < -0.4 is 11.1 Å². The molecule has 0 heterocycles. The van der Waals surface area contributed by atoms with Gasteiger partial charge in [0.1, 0.15) is 0 Å². The number of carbonyl (C=O) groups excluding carboxylic acids is 1. The molecule has 0 atom stereocenters. The quantitative estimate of drug-likeness (QED) is 0.557. The van der Waals surface area contributed by atoms with E-state index in [0.29, 0.717) is 13.0 Å². The normalized spacial score (nSPS) is 9.64. The van der Waals surface area contributed by atoms with E-state index >= 15 is 0 Å². The Bertz CT molecular complexity index is 104. The maximum absolute atomic E-state index is 10.8. The van der Waals surface area contributed by atoms with Crippen molar-refractivity contribution in [2.45, 2.75) is 32.6 Å². The van der Waals surface area contributed by atoms with Gasteiger partial charge in [-0.25, -0.2) is 0 Å². The molecule has 0 aromatic heterocycles. The fraction of sp³-hybridized carbons (Fsp3) is 0.875. The number of nitrogens with one attached hydrogen (secondary N) is 1. The molecule has 0 aromatic carbocycles. The van der Waals surface area contributed by atoms with Crippen molar-refractivity contribution in [3.63, 3.8) is 0 Å². The summed E-state index contributed by atoms with van der Waals surface area (Å²) in [5.41, 5.74) is 5.20. The van der Waals surface area contributed by atoms with Gasteiger partial charge in [-0.05, 0) is 6.42 Å². The molecule has 0 aliphatic carbocycles. The Morgan fingerprint density at radius 1 is 1.45 bits per heavy atom. The molecule has 3 heteroatoms. The fourth-order valence-corrected chi connectivity index (χ4v) is 0.822. The Morgan fingerprint density at radius 3 is 2.73 bits per heavy atom. The maximum Gasteiger partial charge on any atom is 0.221 e. The molecule has 3 nitrogen and oxygen atoms in total. The van der Waals surface area contributed by atoms with E-state index in [9.17, 15) is 4.79 Å². The van der Waals surface area contributed by atoms with Gasteiger partial charge in [-0.3, -0.25) is 4.79 Å². The molecule has 0 rings (SSSR count). The number of unbranched alkanes of at least 4 members (excludes halogenated alkanes) is 2. The Labute approximate surface area is 68.3 Å². The first kappa shape index (κ1) is 10.4. The molecule has 0 radical (unpaired) electrons. The second-order valence-corrected chi connectivity index (χ2v) is 2.60. The average molecular weight is 158 g/mol. The Morgan fingerprint density at radius 2 is 2.18 bits per heavy atom. The first-order chi connectivity index (χ1) is 5.31. The second kappa shape index (κ2) is 7.54. The highest BCUT2D eigenvalue weighted by Crippen LogP contribution is 1.90. The monoisotopic (exact) mass is 158 g/mol. The molecular weight excluding hydrogens is 140 g/mol. The number of amides is 1. The summed E-state index contributed by atoms with van der Waals surface area (Å²) in [7, 11) is 0. The van der Waals surface area contributed by atoms with Crippen LogP contribution in [-0.4, -0.2) is 19.0 Å². The molecule has 3 N–H and O–H groups in total. The van der Waals surface area contributed by atoms with Crippen LogP contribution in [-0.2, 0) is 4.79 Å². The van der Waals surface area contributed by atoms with E-state index in [1.54, 1.807) is 0 Å². The van der Waals surface area contributed by atoms with Gasteiger partial charge in [-0.2, -0.15) is 0 Å². The third-order valence-corrected chi connectivity index (χ3v) is 1.47. The van der Waals surface area contributed by atoms with Crippen molar-refractivity contribution in [3.8, 4) is 0 Å². The lowest BCUT2D eigenvalue weighted by Crippen LogP contribution is -2.26. The van der Waals surface area contributed by atoms with Crippen molar-refractivity contribution < 1.29 is 4.79 Å². The summed E-state index contributed by atoms with van der Waals surface area (Å²) >= 11 is 0. The third kappa shape index (κ3) is 7.33. The van der Waals surface area contributed by atoms with Gasteiger partial charge in [0.25, 0.3) is 0 Å². The average Bonchev–Trinajstić information content (AvgIpc) is 1.99. The standard InChI is InChI=1S/C8H18N2O/c1-2-3-4-7-10-8(11)5-6-9/h2-7,9H2,1H3,(H,10,11). The van der Waals surface area contributed by atoms with Crippen molar-refractivity contribution in [2.75, 3.05) is 13.1 Å². The summed E-state index contributed by atoms with van der Waals surface area (Å²) in [5, 5.41) is 2.80. The number of rotatable bonds is 6. The van der Waals surface area contributed by atoms with Gasteiger partial charge in [0.15, 0.2) is 0 Å². The van der Waals surface area contributed by atoms with E-state index in [-0.39, 0.29) is 5.91 Å². The summed E-state index contributed by atoms with van der Waals surface area (Å²) < 4.78 is 0. The summed E-state index contributed by atoms with van der Waals surface area (Å²) in [4.78, 5) is 10.8. The molecule has 0 spiro atoms. The van der Waals surface area contributed by atoms with Gasteiger partial charge < -0.3 is 11.1 Å². The number of carbonyl (C=O) groups is 1. The minimum atomic E-state index is 0.0728. The topological polar surface area (TPSA) is 55.1 Å². The zero-order valence-corrected chi connectivity index (χ0v) is 7.23. The fourth-order valence-electron chi connectivity index (χ4n) is 0.822. The van der Waals surface area contributed by atoms with Gasteiger partial charge in [-0.15, -0.1) is 0 Å². The van der Waals surface area contributed by atoms with Crippen LogP contribution in [0.15, 0.2) is 0 Å². The van der Waals surface area contributed by atoms with E-state index < -0.39 is 0 Å². The summed E-state index contributed by atoms with van der Waals surface area (Å²) in [6.45, 7) is 3.38. The molecule has 0 saturated heterocycles. The van der Waals surface area contributed by atoms with Crippen LogP contribution in [0, 0.1) is 0 Å². The van der Waals surface area contributed by atoms with Crippen LogP contribution in [0.25, 0.3) is 0 Å². The minimum absolute atomic E-state index is 0.0728. The molecule has 0 unspecified atom stereocenters. The zero-order chi connectivity index (χ0) is 8.53. The highest BCUT2D eigenvalue weighted by Gasteiger charge is 1.96. The number of hydrogen-bond acceptors (Lipinski definition) is 2. The van der Waals surface area contributed by atoms with Gasteiger partial charge >= 0.3 is 0 Å². The summed E-state index contributed by atoms with van der Waals surface area (Å²) in [6, 6.07) is 0. The van der Waals surface area contributed by atoms with Crippen LogP contribution >= 0.6 is 0 Å². The highest BCUT2D eigenvalue weighted by molar-refractivity contribution is 5.75. The van der Waals surface area contributed by atoms with Gasteiger partial charge in [0.2, 0.25) is 5.91 Å². The molecule has 0 fully saturated rings. The molecule has 11 heavy (non-hydrogen) atoms. The van der Waals surface area contributed by atoms with Gasteiger partial charge in [0, 0.05) is 19.5 Å². The third-order valence-electron chi connectivity index (χ3n) is 1.47. The minimum Gasteiger partial charge on any atom is -0.356 e. The molecule has 0 aliphatic rings. The van der Waals surface area contributed by atoms with E-state index in [2.05, 4.69) is 12.2 Å². The second-order valence-electron chi connectivity index (χ2n) is 2.60. The molecule has 66 valence electrons. The van der Waals surface area contributed by atoms with E-state index in [1.165, 1.54) is 12.8 Å². The van der Waals surface area contributed by atoms with Crippen molar-refractivity contribution in [1.29, 1.82) is 0 Å². The van der Waals surface area contributed by atoms with Crippen molar-refractivity contribution >= 4 is 5.91 Å². The predicted octanol–water partition coefficient (Wildman–Crippen LogP) is 0.642. The molecule has 0 aliphatic heterocycles. The molecule has 0 bridgehead atoms. The summed E-state index contributed by atoms with van der Waals surface area (Å²) in [5.74, 6) is 0.0728. The summed E-state index contributed by atoms with van der Waals surface area (Å²) in [6.07, 6.45) is 3.90. The lowest BCUT2D eigenvalue weighted by atomic mass is 10.2. The van der Waals surface area contributed by atoms with Crippen LogP contribution in [0.2, 0.25) is 0 Å². The van der Waals surface area contributed by atoms with Crippen LogP contribution in [0.4, 0.5) is 0 Å². The SMILES string of the molecule is CCCCCNC(=O)CCN. The predicted molar refractivity (Wildman–Crippen MR) is 46.2 cm³/mol. The van der Waals surface area contributed by atoms with Crippen molar-refractivity contribution in [1.82, 2.24) is 5.32 Å². The highest BCUT2D eigenvalue weighted by atomic mass is 16.1. The van der Waals surface area contributed by atoms with Gasteiger partial charge in [0.05, 0.1) is 0 Å². The lowest BCUT2D eigenvalue weighted by molar-refractivity contribution is -0.120. The molecule has 0 saturated carbocycles. The maximum atomic E-state index is 10.8. The van der Waals surface area contributed by atoms with E-state index in [4.69, 9.17) is 5.73 Å². The Kier molecular flexibility index (Phi) is 7.15. The number of nitrogens with two attached hydrogens (primary N) is 1. The van der Waals surface area contributed by atoms with Crippen molar-refractivity contribution in [2.24, 2.45) is 5.73 Å². The van der Waals surface area contributed by atoms with Crippen molar-refractivity contribution in [3.05, 3.63) is 0 Å².